The highest BCUT2D eigenvalue weighted by atomic mass is 16.1. The lowest BCUT2D eigenvalue weighted by atomic mass is 9.99. The topological polar surface area (TPSA) is 17.1 Å². The minimum absolute atomic E-state index is 0.225. The lowest BCUT2D eigenvalue weighted by molar-refractivity contribution is -0.117. The average molecular weight is 232 g/mol. The molecule has 0 spiro atoms. The van der Waals surface area contributed by atoms with Gasteiger partial charge in [0.25, 0.3) is 0 Å². The molecule has 1 atom stereocenters. The number of hydrogen-bond donors (Lipinski definition) is 0. The van der Waals surface area contributed by atoms with Gasteiger partial charge in [-0.3, -0.25) is 4.79 Å². The van der Waals surface area contributed by atoms with Crippen molar-refractivity contribution in [1.29, 1.82) is 0 Å². The molecule has 0 aromatic carbocycles. The van der Waals surface area contributed by atoms with E-state index in [1.165, 1.54) is 5.57 Å². The van der Waals surface area contributed by atoms with Gasteiger partial charge in [-0.1, -0.05) is 50.1 Å². The molecule has 94 valence electrons. The largest absolute Gasteiger partial charge is 0.295 e. The first-order valence-corrected chi connectivity index (χ1v) is 6.81. The summed E-state index contributed by atoms with van der Waals surface area (Å²) in [4.78, 5) is 11.7. The van der Waals surface area contributed by atoms with E-state index in [1.807, 2.05) is 6.08 Å². The van der Waals surface area contributed by atoms with Crippen LogP contribution in [0.3, 0.4) is 0 Å². The van der Waals surface area contributed by atoms with Crippen molar-refractivity contribution in [2.45, 2.75) is 52.4 Å². The summed E-state index contributed by atoms with van der Waals surface area (Å²) in [6.45, 7) is 4.30. The zero-order valence-electron chi connectivity index (χ0n) is 11.1. The van der Waals surface area contributed by atoms with E-state index in [4.69, 9.17) is 0 Å². The van der Waals surface area contributed by atoms with Crippen LogP contribution in [0.1, 0.15) is 52.4 Å². The standard InChI is InChI=1S/C16H24O/c1-3-5-6-7-8-9-11-15-12-14(10-4-2)13-16(15)17/h5-6,8-9,13,15H,3-4,7,10-12H2,1-2H3/b6-5-,9-8+. The van der Waals surface area contributed by atoms with Crippen LogP contribution in [0, 0.1) is 5.92 Å². The van der Waals surface area contributed by atoms with E-state index in [1.54, 1.807) is 0 Å². The summed E-state index contributed by atoms with van der Waals surface area (Å²) >= 11 is 0. The van der Waals surface area contributed by atoms with Crippen LogP contribution < -0.4 is 0 Å². The van der Waals surface area contributed by atoms with Gasteiger partial charge < -0.3 is 0 Å². The minimum atomic E-state index is 0.225. The molecule has 1 heteroatoms. The van der Waals surface area contributed by atoms with Gasteiger partial charge in [0.15, 0.2) is 5.78 Å². The van der Waals surface area contributed by atoms with E-state index >= 15 is 0 Å². The van der Waals surface area contributed by atoms with Crippen molar-refractivity contribution in [3.8, 4) is 0 Å². The Morgan fingerprint density at radius 1 is 1.24 bits per heavy atom. The zero-order chi connectivity index (χ0) is 12.5. The fourth-order valence-corrected chi connectivity index (χ4v) is 2.19. The van der Waals surface area contributed by atoms with Gasteiger partial charge in [-0.25, -0.2) is 0 Å². The Kier molecular flexibility index (Phi) is 6.61. The lowest BCUT2D eigenvalue weighted by Crippen LogP contribution is -2.04. The second-order valence-corrected chi connectivity index (χ2v) is 4.68. The molecule has 0 saturated carbocycles. The number of allylic oxidation sites excluding steroid dienone is 6. The molecule has 0 aromatic heterocycles. The van der Waals surface area contributed by atoms with Crippen LogP contribution in [0.4, 0.5) is 0 Å². The Labute approximate surface area is 105 Å². The van der Waals surface area contributed by atoms with Crippen LogP contribution in [0.2, 0.25) is 0 Å². The van der Waals surface area contributed by atoms with E-state index in [0.29, 0.717) is 5.78 Å². The van der Waals surface area contributed by atoms with E-state index in [-0.39, 0.29) is 5.92 Å². The maximum absolute atomic E-state index is 11.7. The summed E-state index contributed by atoms with van der Waals surface area (Å²) in [7, 11) is 0. The van der Waals surface area contributed by atoms with Gasteiger partial charge in [0.05, 0.1) is 0 Å². The Morgan fingerprint density at radius 3 is 2.71 bits per heavy atom. The van der Waals surface area contributed by atoms with Crippen molar-refractivity contribution in [3.05, 3.63) is 36.0 Å². The maximum atomic E-state index is 11.7. The molecule has 1 rings (SSSR count). The number of carbonyl (C=O) groups is 1. The lowest BCUT2D eigenvalue weighted by Gasteiger charge is -2.04. The van der Waals surface area contributed by atoms with Crippen molar-refractivity contribution in [2.75, 3.05) is 0 Å². The molecule has 1 nitrogen and oxygen atoms in total. The van der Waals surface area contributed by atoms with Gasteiger partial charge in [-0.15, -0.1) is 0 Å². The van der Waals surface area contributed by atoms with Gasteiger partial charge in [0.1, 0.15) is 0 Å². The molecular weight excluding hydrogens is 208 g/mol. The first kappa shape index (κ1) is 14.0. The molecule has 1 aliphatic rings. The van der Waals surface area contributed by atoms with E-state index in [9.17, 15) is 4.79 Å². The monoisotopic (exact) mass is 232 g/mol. The third-order valence-electron chi connectivity index (χ3n) is 3.09. The zero-order valence-corrected chi connectivity index (χ0v) is 11.1. The van der Waals surface area contributed by atoms with Crippen LogP contribution >= 0.6 is 0 Å². The average Bonchev–Trinajstić information content (AvgIpc) is 2.65. The molecule has 0 heterocycles. The Balaban J connectivity index is 2.26. The first-order chi connectivity index (χ1) is 8.27. The Hall–Kier alpha value is -1.11. The highest BCUT2D eigenvalue weighted by Crippen LogP contribution is 2.27. The smallest absolute Gasteiger partial charge is 0.159 e. The summed E-state index contributed by atoms with van der Waals surface area (Å²) in [5.74, 6) is 0.560. The molecule has 0 amide bonds. The summed E-state index contributed by atoms with van der Waals surface area (Å²) in [5.41, 5.74) is 1.35. The minimum Gasteiger partial charge on any atom is -0.295 e. The highest BCUT2D eigenvalue weighted by Gasteiger charge is 2.23. The number of hydrogen-bond acceptors (Lipinski definition) is 1. The molecule has 0 radical (unpaired) electrons. The molecule has 1 unspecified atom stereocenters. The third kappa shape index (κ3) is 5.16. The van der Waals surface area contributed by atoms with Gasteiger partial charge >= 0.3 is 0 Å². The number of carbonyl (C=O) groups excluding carboxylic acids is 1. The van der Waals surface area contributed by atoms with Gasteiger partial charge in [-0.2, -0.15) is 0 Å². The molecule has 17 heavy (non-hydrogen) atoms. The molecule has 0 aliphatic heterocycles. The number of ketones is 1. The van der Waals surface area contributed by atoms with E-state index in [2.05, 4.69) is 38.2 Å². The predicted octanol–water partition coefficient (Wildman–Crippen LogP) is 4.60. The summed E-state index contributed by atoms with van der Waals surface area (Å²) < 4.78 is 0. The predicted molar refractivity (Wildman–Crippen MR) is 73.9 cm³/mol. The van der Waals surface area contributed by atoms with Crippen molar-refractivity contribution < 1.29 is 4.79 Å². The van der Waals surface area contributed by atoms with Gasteiger partial charge in [0, 0.05) is 5.92 Å². The Bertz CT molecular complexity index is 320. The van der Waals surface area contributed by atoms with Crippen LogP contribution in [-0.4, -0.2) is 5.78 Å². The fourth-order valence-electron chi connectivity index (χ4n) is 2.19. The quantitative estimate of drug-likeness (QED) is 0.586. The first-order valence-electron chi connectivity index (χ1n) is 6.81. The van der Waals surface area contributed by atoms with Crippen molar-refractivity contribution in [3.63, 3.8) is 0 Å². The van der Waals surface area contributed by atoms with Crippen molar-refractivity contribution in [1.82, 2.24) is 0 Å². The maximum Gasteiger partial charge on any atom is 0.159 e. The summed E-state index contributed by atoms with van der Waals surface area (Å²) in [6, 6.07) is 0. The molecule has 1 aliphatic carbocycles. The summed E-state index contributed by atoms with van der Waals surface area (Å²) in [5, 5.41) is 0. The van der Waals surface area contributed by atoms with Crippen LogP contribution in [-0.2, 0) is 4.79 Å². The van der Waals surface area contributed by atoms with Gasteiger partial charge in [0.2, 0.25) is 0 Å². The fraction of sp³-hybridized carbons (Fsp3) is 0.562. The van der Waals surface area contributed by atoms with Crippen molar-refractivity contribution in [2.24, 2.45) is 5.92 Å². The molecule has 0 N–H and O–H groups in total. The molecule has 0 aromatic rings. The molecule has 0 fully saturated rings. The van der Waals surface area contributed by atoms with Crippen LogP contribution in [0.5, 0.6) is 0 Å². The SMILES string of the molecule is CC/C=C\C/C=C/CC1CC(CCC)=CC1=O. The molecule has 0 bridgehead atoms. The Morgan fingerprint density at radius 2 is 2.00 bits per heavy atom. The third-order valence-corrected chi connectivity index (χ3v) is 3.09. The second kappa shape index (κ2) is 8.05. The molecular formula is C16H24O. The molecule has 0 saturated heterocycles. The normalized spacial score (nSPS) is 20.7. The van der Waals surface area contributed by atoms with E-state index < -0.39 is 0 Å². The van der Waals surface area contributed by atoms with Crippen molar-refractivity contribution >= 4 is 5.78 Å². The van der Waals surface area contributed by atoms with Crippen LogP contribution in [0.15, 0.2) is 36.0 Å². The van der Waals surface area contributed by atoms with E-state index in [0.717, 1.165) is 38.5 Å². The summed E-state index contributed by atoms with van der Waals surface area (Å²) in [6.07, 6.45) is 16.8. The highest BCUT2D eigenvalue weighted by molar-refractivity contribution is 5.95. The second-order valence-electron chi connectivity index (χ2n) is 4.68. The number of rotatable bonds is 7. The van der Waals surface area contributed by atoms with Gasteiger partial charge in [-0.05, 0) is 38.2 Å². The van der Waals surface area contributed by atoms with Crippen LogP contribution in [0.25, 0.3) is 0 Å².